The van der Waals surface area contributed by atoms with Crippen molar-refractivity contribution < 1.29 is 4.39 Å². The van der Waals surface area contributed by atoms with Crippen molar-refractivity contribution in [3.63, 3.8) is 0 Å². The van der Waals surface area contributed by atoms with E-state index in [1.807, 2.05) is 6.07 Å². The van der Waals surface area contributed by atoms with Gasteiger partial charge in [0.15, 0.2) is 0 Å². The number of anilines is 2. The molecule has 2 atom stereocenters. The van der Waals surface area contributed by atoms with Gasteiger partial charge in [-0.25, -0.2) is 9.37 Å². The summed E-state index contributed by atoms with van der Waals surface area (Å²) in [4.78, 5) is 9.33. The van der Waals surface area contributed by atoms with Gasteiger partial charge in [-0.05, 0) is 43.5 Å². The summed E-state index contributed by atoms with van der Waals surface area (Å²) in [6, 6.07) is 8.70. The molecule has 5 nitrogen and oxygen atoms in total. The van der Waals surface area contributed by atoms with Gasteiger partial charge in [-0.3, -0.25) is 0 Å². The van der Waals surface area contributed by atoms with Crippen LogP contribution in [0.25, 0.3) is 0 Å². The molecule has 0 aliphatic heterocycles. The number of hydrogen-bond donors (Lipinski definition) is 3. The fourth-order valence-electron chi connectivity index (χ4n) is 2.55. The number of nitrogens with one attached hydrogen (secondary N) is 1. The summed E-state index contributed by atoms with van der Waals surface area (Å²) in [6.07, 6.45) is 2.99. The Morgan fingerprint density at radius 1 is 1.18 bits per heavy atom. The maximum absolute atomic E-state index is 12.9. The third kappa shape index (κ3) is 3.86. The van der Waals surface area contributed by atoms with Crippen molar-refractivity contribution in [2.24, 2.45) is 5.73 Å². The van der Waals surface area contributed by atoms with E-state index < -0.39 is 0 Å². The van der Waals surface area contributed by atoms with E-state index in [0.29, 0.717) is 11.9 Å². The van der Waals surface area contributed by atoms with Crippen molar-refractivity contribution >= 4 is 23.5 Å². The molecule has 0 radical (unpaired) electrons. The first kappa shape index (κ1) is 15.1. The first-order valence-corrected chi connectivity index (χ1v) is 8.00. The molecule has 0 amide bonds. The largest absolute Gasteiger partial charge is 0.368 e. The zero-order chi connectivity index (χ0) is 15.5. The number of rotatable bonds is 4. The van der Waals surface area contributed by atoms with E-state index in [2.05, 4.69) is 15.3 Å². The molecule has 0 unspecified atom stereocenters. The highest BCUT2D eigenvalue weighted by Gasteiger charge is 2.22. The van der Waals surface area contributed by atoms with Crippen molar-refractivity contribution in [2.45, 2.75) is 41.3 Å². The minimum Gasteiger partial charge on any atom is -0.368 e. The van der Waals surface area contributed by atoms with Crippen molar-refractivity contribution in [3.8, 4) is 0 Å². The van der Waals surface area contributed by atoms with Crippen LogP contribution in [-0.4, -0.2) is 22.1 Å². The Morgan fingerprint density at radius 3 is 2.64 bits per heavy atom. The molecule has 1 aromatic carbocycles. The maximum Gasteiger partial charge on any atom is 0.223 e. The molecule has 0 saturated heterocycles. The van der Waals surface area contributed by atoms with Crippen LogP contribution in [0.1, 0.15) is 19.3 Å². The molecule has 7 heteroatoms. The van der Waals surface area contributed by atoms with Crippen LogP contribution in [0.15, 0.2) is 40.3 Å². The molecular formula is C15H18FN5S. The lowest BCUT2D eigenvalue weighted by Gasteiger charge is -2.14. The molecule has 1 heterocycles. The zero-order valence-electron chi connectivity index (χ0n) is 12.0. The van der Waals surface area contributed by atoms with Crippen LogP contribution in [0.2, 0.25) is 0 Å². The Bertz CT molecular complexity index is 649. The van der Waals surface area contributed by atoms with E-state index in [1.165, 1.54) is 23.9 Å². The number of aromatic nitrogens is 2. The van der Waals surface area contributed by atoms with Gasteiger partial charge in [0.25, 0.3) is 0 Å². The monoisotopic (exact) mass is 319 g/mol. The van der Waals surface area contributed by atoms with Gasteiger partial charge >= 0.3 is 0 Å². The summed E-state index contributed by atoms with van der Waals surface area (Å²) in [5.41, 5.74) is 11.7. The summed E-state index contributed by atoms with van der Waals surface area (Å²) in [5.74, 6) is 0.666. The van der Waals surface area contributed by atoms with E-state index in [-0.39, 0.29) is 17.8 Å². The van der Waals surface area contributed by atoms with E-state index in [4.69, 9.17) is 11.5 Å². The molecule has 116 valence electrons. The highest BCUT2D eigenvalue weighted by molar-refractivity contribution is 7.99. The van der Waals surface area contributed by atoms with E-state index in [0.717, 1.165) is 29.2 Å². The molecule has 3 rings (SSSR count). The summed E-state index contributed by atoms with van der Waals surface area (Å²) < 4.78 is 12.9. The zero-order valence-corrected chi connectivity index (χ0v) is 12.8. The summed E-state index contributed by atoms with van der Waals surface area (Å²) >= 11 is 1.42. The number of nitrogen functional groups attached to an aromatic ring is 1. The molecule has 1 aromatic heterocycles. The predicted molar refractivity (Wildman–Crippen MR) is 86.2 cm³/mol. The Kier molecular flexibility index (Phi) is 4.44. The first-order valence-electron chi connectivity index (χ1n) is 7.18. The van der Waals surface area contributed by atoms with Gasteiger partial charge < -0.3 is 16.8 Å². The van der Waals surface area contributed by atoms with Crippen molar-refractivity contribution in [3.05, 3.63) is 36.1 Å². The van der Waals surface area contributed by atoms with Crippen molar-refractivity contribution in [1.29, 1.82) is 0 Å². The smallest absolute Gasteiger partial charge is 0.223 e. The third-order valence-corrected chi connectivity index (χ3v) is 4.51. The van der Waals surface area contributed by atoms with Gasteiger partial charge in [0.2, 0.25) is 5.95 Å². The van der Waals surface area contributed by atoms with Gasteiger partial charge in [-0.15, -0.1) is 0 Å². The quantitative estimate of drug-likeness (QED) is 0.751. The number of benzene rings is 1. The Balaban J connectivity index is 1.73. The van der Waals surface area contributed by atoms with Gasteiger partial charge in [0, 0.05) is 23.0 Å². The number of halogens is 1. The van der Waals surface area contributed by atoms with E-state index in [9.17, 15) is 4.39 Å². The molecule has 22 heavy (non-hydrogen) atoms. The van der Waals surface area contributed by atoms with E-state index in [1.54, 1.807) is 12.1 Å². The van der Waals surface area contributed by atoms with Crippen LogP contribution in [0.4, 0.5) is 16.2 Å². The van der Waals surface area contributed by atoms with Crippen molar-refractivity contribution in [1.82, 2.24) is 9.97 Å². The second-order valence-corrected chi connectivity index (χ2v) is 6.51. The SMILES string of the molecule is Nc1nc(N[C@H]2CC[C@H](N)C2)cc(Sc2ccc(F)cc2)n1. The van der Waals surface area contributed by atoms with Gasteiger partial charge in [0.05, 0.1) is 0 Å². The summed E-state index contributed by atoms with van der Waals surface area (Å²) in [7, 11) is 0. The second-order valence-electron chi connectivity index (χ2n) is 5.42. The normalized spacial score (nSPS) is 21.0. The highest BCUT2D eigenvalue weighted by atomic mass is 32.2. The number of nitrogens with zero attached hydrogens (tertiary/aromatic N) is 2. The minimum atomic E-state index is -0.258. The highest BCUT2D eigenvalue weighted by Crippen LogP contribution is 2.29. The summed E-state index contributed by atoms with van der Waals surface area (Å²) in [6.45, 7) is 0. The standard InChI is InChI=1S/C15H18FN5S/c16-9-1-5-12(6-2-9)22-14-8-13(20-15(18)21-14)19-11-4-3-10(17)7-11/h1-2,5-6,8,10-11H,3-4,7,17H2,(H3,18,19,20,21)/t10-,11-/m0/s1. The van der Waals surface area contributed by atoms with Crippen LogP contribution in [-0.2, 0) is 0 Å². The molecule has 5 N–H and O–H groups in total. The predicted octanol–water partition coefficient (Wildman–Crippen LogP) is 2.64. The van der Waals surface area contributed by atoms with Gasteiger partial charge in [-0.2, -0.15) is 4.98 Å². The van der Waals surface area contributed by atoms with Crippen molar-refractivity contribution in [2.75, 3.05) is 11.1 Å². The molecule has 0 bridgehead atoms. The Labute approximate surface area is 132 Å². The Morgan fingerprint density at radius 2 is 1.95 bits per heavy atom. The fourth-order valence-corrected chi connectivity index (χ4v) is 3.37. The lowest BCUT2D eigenvalue weighted by molar-refractivity contribution is 0.626. The molecule has 0 spiro atoms. The average Bonchev–Trinajstić information content (AvgIpc) is 2.86. The summed E-state index contributed by atoms with van der Waals surface area (Å²) in [5, 5.41) is 4.09. The molecule has 1 saturated carbocycles. The molecule has 1 aliphatic carbocycles. The molecule has 2 aromatic rings. The lowest BCUT2D eigenvalue weighted by Crippen LogP contribution is -2.21. The first-order chi connectivity index (χ1) is 10.6. The van der Waals surface area contributed by atoms with Gasteiger partial charge in [0.1, 0.15) is 16.7 Å². The van der Waals surface area contributed by atoms with Crippen LogP contribution in [0.5, 0.6) is 0 Å². The number of hydrogen-bond acceptors (Lipinski definition) is 6. The topological polar surface area (TPSA) is 89.8 Å². The molecule has 1 aliphatic rings. The molecular weight excluding hydrogens is 301 g/mol. The second kappa shape index (κ2) is 6.50. The van der Waals surface area contributed by atoms with Crippen LogP contribution in [0, 0.1) is 5.82 Å². The molecule has 1 fully saturated rings. The van der Waals surface area contributed by atoms with Crippen LogP contribution in [0.3, 0.4) is 0 Å². The average molecular weight is 319 g/mol. The van der Waals surface area contributed by atoms with Gasteiger partial charge in [-0.1, -0.05) is 11.8 Å². The van der Waals surface area contributed by atoms with E-state index >= 15 is 0 Å². The minimum absolute atomic E-state index is 0.219. The van der Waals surface area contributed by atoms with Crippen LogP contribution >= 0.6 is 11.8 Å². The Hall–Kier alpha value is -1.86. The third-order valence-electron chi connectivity index (χ3n) is 3.58. The lowest BCUT2D eigenvalue weighted by atomic mass is 10.2. The van der Waals surface area contributed by atoms with Crippen LogP contribution < -0.4 is 16.8 Å². The number of nitrogens with two attached hydrogens (primary N) is 2. The fraction of sp³-hybridized carbons (Fsp3) is 0.333. The maximum atomic E-state index is 12.9.